The Morgan fingerprint density at radius 3 is 2.82 bits per heavy atom. The van der Waals surface area contributed by atoms with Gasteiger partial charge in [0.25, 0.3) is 0 Å². The first-order chi connectivity index (χ1) is 8.15. The summed E-state index contributed by atoms with van der Waals surface area (Å²) in [6, 6.07) is 6.05. The molecule has 2 aromatic rings. The van der Waals surface area contributed by atoms with Crippen LogP contribution in [0.4, 0.5) is 0 Å². The van der Waals surface area contributed by atoms with Crippen LogP contribution in [0, 0.1) is 6.92 Å². The van der Waals surface area contributed by atoms with Gasteiger partial charge in [-0.3, -0.25) is 0 Å². The minimum absolute atomic E-state index is 0.456. The molecule has 1 aromatic carbocycles. The molecule has 0 fully saturated rings. The Bertz CT molecular complexity index is 539. The highest BCUT2D eigenvalue weighted by molar-refractivity contribution is 9.11. The normalized spacial score (nSPS) is 10.6. The van der Waals surface area contributed by atoms with Crippen molar-refractivity contribution in [3.8, 4) is 17.0 Å². The summed E-state index contributed by atoms with van der Waals surface area (Å²) in [5.74, 6) is 0.824. The molecule has 0 saturated carbocycles. The first kappa shape index (κ1) is 12.5. The van der Waals surface area contributed by atoms with E-state index in [0.29, 0.717) is 6.54 Å². The number of hydrogen-bond acceptors (Lipinski definition) is 4. The Morgan fingerprint density at radius 2 is 2.24 bits per heavy atom. The van der Waals surface area contributed by atoms with Gasteiger partial charge in [0.2, 0.25) is 0 Å². The van der Waals surface area contributed by atoms with Crippen molar-refractivity contribution in [2.75, 3.05) is 7.11 Å². The molecule has 0 bridgehead atoms. The molecule has 0 saturated heterocycles. The Morgan fingerprint density at radius 1 is 1.47 bits per heavy atom. The van der Waals surface area contributed by atoms with Gasteiger partial charge < -0.3 is 10.5 Å². The second-order valence-corrected chi connectivity index (χ2v) is 6.04. The third kappa shape index (κ3) is 2.51. The average Bonchev–Trinajstić information content (AvgIpc) is 2.70. The molecule has 0 amide bonds. The number of benzene rings is 1. The van der Waals surface area contributed by atoms with Gasteiger partial charge in [-0.1, -0.05) is 11.6 Å². The van der Waals surface area contributed by atoms with Crippen LogP contribution >= 0.6 is 27.3 Å². The van der Waals surface area contributed by atoms with Crippen molar-refractivity contribution in [1.29, 1.82) is 0 Å². The zero-order valence-corrected chi connectivity index (χ0v) is 12.1. The highest BCUT2D eigenvalue weighted by Gasteiger charge is 2.14. The molecule has 1 heterocycles. The zero-order chi connectivity index (χ0) is 12.4. The summed E-state index contributed by atoms with van der Waals surface area (Å²) in [6.45, 7) is 2.50. The maximum Gasteiger partial charge on any atom is 0.128 e. The smallest absolute Gasteiger partial charge is 0.128 e. The minimum atomic E-state index is 0.456. The van der Waals surface area contributed by atoms with Gasteiger partial charge in [0, 0.05) is 12.1 Å². The van der Waals surface area contributed by atoms with E-state index >= 15 is 0 Å². The molecule has 0 spiro atoms. The van der Waals surface area contributed by atoms with Crippen LogP contribution in [0.1, 0.15) is 10.6 Å². The molecular formula is C12H13BrN2OS. The van der Waals surface area contributed by atoms with Crippen LogP contribution in [0.25, 0.3) is 11.3 Å². The second-order valence-electron chi connectivity index (χ2n) is 3.64. The predicted octanol–water partition coefficient (Wildman–Crippen LogP) is 3.35. The summed E-state index contributed by atoms with van der Waals surface area (Å²) in [5.41, 5.74) is 8.68. The summed E-state index contributed by atoms with van der Waals surface area (Å²) in [6.07, 6.45) is 0. The fourth-order valence-electron chi connectivity index (χ4n) is 1.60. The van der Waals surface area contributed by atoms with Crippen LogP contribution in [0.15, 0.2) is 22.0 Å². The van der Waals surface area contributed by atoms with E-state index in [1.165, 1.54) is 5.56 Å². The van der Waals surface area contributed by atoms with Crippen LogP contribution in [-0.2, 0) is 6.54 Å². The standard InChI is InChI=1S/C12H13BrN2OS/c1-7-3-4-9(16-2)8(5-7)11-12(13)17-10(6-14)15-11/h3-5H,6,14H2,1-2H3. The zero-order valence-electron chi connectivity index (χ0n) is 9.66. The Hall–Kier alpha value is -0.910. The van der Waals surface area contributed by atoms with Gasteiger partial charge in [0.1, 0.15) is 10.8 Å². The first-order valence-corrected chi connectivity index (χ1v) is 6.77. The van der Waals surface area contributed by atoms with E-state index in [2.05, 4.69) is 27.0 Å². The van der Waals surface area contributed by atoms with Gasteiger partial charge in [-0.15, -0.1) is 11.3 Å². The van der Waals surface area contributed by atoms with E-state index in [-0.39, 0.29) is 0 Å². The lowest BCUT2D eigenvalue weighted by atomic mass is 10.1. The molecule has 5 heteroatoms. The van der Waals surface area contributed by atoms with E-state index in [9.17, 15) is 0 Å². The van der Waals surface area contributed by atoms with Gasteiger partial charge in [-0.25, -0.2) is 4.98 Å². The highest BCUT2D eigenvalue weighted by Crippen LogP contribution is 2.38. The van der Waals surface area contributed by atoms with E-state index < -0.39 is 0 Å². The van der Waals surface area contributed by atoms with Crippen molar-refractivity contribution in [2.45, 2.75) is 13.5 Å². The number of rotatable bonds is 3. The van der Waals surface area contributed by atoms with E-state index in [1.54, 1.807) is 18.4 Å². The Balaban J connectivity index is 2.58. The third-order valence-corrected chi connectivity index (χ3v) is 4.14. The van der Waals surface area contributed by atoms with Crippen LogP contribution < -0.4 is 10.5 Å². The third-order valence-electron chi connectivity index (χ3n) is 2.41. The Kier molecular flexibility index (Phi) is 3.81. The molecule has 3 nitrogen and oxygen atoms in total. The number of methoxy groups -OCH3 is 1. The molecule has 0 aliphatic carbocycles. The lowest BCUT2D eigenvalue weighted by Crippen LogP contribution is -1.95. The summed E-state index contributed by atoms with van der Waals surface area (Å²) in [7, 11) is 1.66. The molecule has 2 N–H and O–H groups in total. The van der Waals surface area contributed by atoms with Crippen molar-refractivity contribution in [2.24, 2.45) is 5.73 Å². The van der Waals surface area contributed by atoms with Crippen molar-refractivity contribution in [1.82, 2.24) is 4.98 Å². The number of ether oxygens (including phenoxy) is 1. The topological polar surface area (TPSA) is 48.1 Å². The highest BCUT2D eigenvalue weighted by atomic mass is 79.9. The number of aromatic nitrogens is 1. The van der Waals surface area contributed by atoms with Crippen LogP contribution in [0.5, 0.6) is 5.75 Å². The Labute approximate surface area is 113 Å². The van der Waals surface area contributed by atoms with Gasteiger partial charge in [-0.2, -0.15) is 0 Å². The van der Waals surface area contributed by atoms with Crippen LogP contribution in [0.2, 0.25) is 0 Å². The van der Waals surface area contributed by atoms with E-state index in [1.807, 2.05) is 19.1 Å². The molecule has 17 heavy (non-hydrogen) atoms. The summed E-state index contributed by atoms with van der Waals surface area (Å²) < 4.78 is 6.35. The van der Waals surface area contributed by atoms with E-state index in [4.69, 9.17) is 10.5 Å². The van der Waals surface area contributed by atoms with Crippen LogP contribution in [-0.4, -0.2) is 12.1 Å². The van der Waals surface area contributed by atoms with Crippen molar-refractivity contribution in [3.63, 3.8) is 0 Å². The maximum absolute atomic E-state index is 5.61. The van der Waals surface area contributed by atoms with Crippen molar-refractivity contribution >= 4 is 27.3 Å². The molecule has 90 valence electrons. The summed E-state index contributed by atoms with van der Waals surface area (Å²) in [5, 5.41) is 0.912. The SMILES string of the molecule is COc1ccc(C)cc1-c1nc(CN)sc1Br. The maximum atomic E-state index is 5.61. The predicted molar refractivity (Wildman–Crippen MR) is 74.4 cm³/mol. The minimum Gasteiger partial charge on any atom is -0.496 e. The average molecular weight is 313 g/mol. The fraction of sp³-hybridized carbons (Fsp3) is 0.250. The molecule has 1 aromatic heterocycles. The van der Waals surface area contributed by atoms with Crippen molar-refractivity contribution < 1.29 is 4.74 Å². The molecule has 0 atom stereocenters. The molecule has 0 aliphatic heterocycles. The van der Waals surface area contributed by atoms with Gasteiger partial charge >= 0.3 is 0 Å². The molecular weight excluding hydrogens is 300 g/mol. The van der Waals surface area contributed by atoms with Crippen molar-refractivity contribution in [3.05, 3.63) is 32.6 Å². The van der Waals surface area contributed by atoms with Gasteiger partial charge in [0.05, 0.1) is 16.6 Å². The number of thiazole rings is 1. The lowest BCUT2D eigenvalue weighted by molar-refractivity contribution is 0.416. The van der Waals surface area contributed by atoms with Crippen LogP contribution in [0.3, 0.4) is 0 Å². The second kappa shape index (κ2) is 5.16. The first-order valence-electron chi connectivity index (χ1n) is 5.16. The number of nitrogens with two attached hydrogens (primary N) is 1. The quantitative estimate of drug-likeness (QED) is 0.945. The monoisotopic (exact) mass is 312 g/mol. The summed E-state index contributed by atoms with van der Waals surface area (Å²) >= 11 is 5.09. The number of aryl methyl sites for hydroxylation is 1. The number of nitrogens with zero attached hydrogens (tertiary/aromatic N) is 1. The van der Waals surface area contributed by atoms with Gasteiger partial charge in [0.15, 0.2) is 0 Å². The largest absolute Gasteiger partial charge is 0.496 e. The molecule has 2 rings (SSSR count). The van der Waals surface area contributed by atoms with E-state index in [0.717, 1.165) is 25.8 Å². The van der Waals surface area contributed by atoms with Gasteiger partial charge in [-0.05, 0) is 35.0 Å². The molecule has 0 unspecified atom stereocenters. The number of hydrogen-bond donors (Lipinski definition) is 1. The number of halogens is 1. The lowest BCUT2D eigenvalue weighted by Gasteiger charge is -2.07. The summed E-state index contributed by atoms with van der Waals surface area (Å²) in [4.78, 5) is 4.51. The molecule has 0 radical (unpaired) electrons. The molecule has 0 aliphatic rings. The fourth-order valence-corrected chi connectivity index (χ4v) is 3.15.